The molecule has 0 saturated carbocycles. The first kappa shape index (κ1) is 14.9. The van der Waals surface area contributed by atoms with Crippen molar-refractivity contribution >= 4 is 0 Å². The quantitative estimate of drug-likeness (QED) is 0.467. The second-order valence-corrected chi connectivity index (χ2v) is 4.78. The molecular formula is C12H26N2O3. The molecule has 1 heterocycles. The zero-order valence-corrected chi connectivity index (χ0v) is 10.8. The van der Waals surface area contributed by atoms with Crippen LogP contribution in [0.4, 0.5) is 0 Å². The van der Waals surface area contributed by atoms with E-state index in [-0.39, 0.29) is 6.61 Å². The highest BCUT2D eigenvalue weighted by Gasteiger charge is 2.14. The number of likely N-dealkylation sites (tertiary alicyclic amines) is 1. The monoisotopic (exact) mass is 246 g/mol. The van der Waals surface area contributed by atoms with Crippen LogP contribution in [0.15, 0.2) is 0 Å². The SMILES string of the molecule is CC1CCN(CCOCCOCC(N)O)CC1. The van der Waals surface area contributed by atoms with E-state index >= 15 is 0 Å². The van der Waals surface area contributed by atoms with Crippen LogP contribution < -0.4 is 5.73 Å². The Kier molecular flexibility index (Phi) is 7.72. The van der Waals surface area contributed by atoms with Crippen LogP contribution >= 0.6 is 0 Å². The molecule has 1 aliphatic rings. The van der Waals surface area contributed by atoms with Crippen LogP contribution in [-0.4, -0.2) is 62.3 Å². The molecule has 1 rings (SSSR count). The fraction of sp³-hybridized carbons (Fsp3) is 1.00. The topological polar surface area (TPSA) is 68.0 Å². The highest BCUT2D eigenvalue weighted by molar-refractivity contribution is 4.68. The van der Waals surface area contributed by atoms with Crippen LogP contribution in [0.3, 0.4) is 0 Å². The van der Waals surface area contributed by atoms with E-state index in [4.69, 9.17) is 20.3 Å². The van der Waals surface area contributed by atoms with Crippen molar-refractivity contribution in [1.29, 1.82) is 0 Å². The largest absolute Gasteiger partial charge is 0.378 e. The van der Waals surface area contributed by atoms with E-state index in [0.717, 1.165) is 19.1 Å². The molecule has 1 saturated heterocycles. The Hall–Kier alpha value is -0.200. The number of nitrogens with two attached hydrogens (primary N) is 1. The van der Waals surface area contributed by atoms with Gasteiger partial charge in [0.25, 0.3) is 0 Å². The van der Waals surface area contributed by atoms with Crippen LogP contribution in [0.25, 0.3) is 0 Å². The van der Waals surface area contributed by atoms with E-state index in [1.165, 1.54) is 25.9 Å². The van der Waals surface area contributed by atoms with Gasteiger partial charge in [0.1, 0.15) is 6.23 Å². The maximum atomic E-state index is 8.75. The first-order valence-electron chi connectivity index (χ1n) is 6.50. The van der Waals surface area contributed by atoms with Gasteiger partial charge in [-0.3, -0.25) is 0 Å². The van der Waals surface area contributed by atoms with Crippen molar-refractivity contribution in [1.82, 2.24) is 4.90 Å². The molecule has 1 atom stereocenters. The van der Waals surface area contributed by atoms with E-state index in [0.29, 0.717) is 13.2 Å². The molecule has 1 aliphatic heterocycles. The number of nitrogens with zero attached hydrogens (tertiary/aromatic N) is 1. The summed E-state index contributed by atoms with van der Waals surface area (Å²) in [6.45, 7) is 7.70. The zero-order chi connectivity index (χ0) is 12.5. The third kappa shape index (κ3) is 7.68. The van der Waals surface area contributed by atoms with Gasteiger partial charge in [0.15, 0.2) is 0 Å². The van der Waals surface area contributed by atoms with Gasteiger partial charge in [-0.2, -0.15) is 0 Å². The summed E-state index contributed by atoms with van der Waals surface area (Å²) in [6, 6.07) is 0. The Morgan fingerprint density at radius 2 is 1.88 bits per heavy atom. The van der Waals surface area contributed by atoms with E-state index in [9.17, 15) is 0 Å². The van der Waals surface area contributed by atoms with E-state index in [1.54, 1.807) is 0 Å². The maximum Gasteiger partial charge on any atom is 0.126 e. The molecule has 5 nitrogen and oxygen atoms in total. The first-order chi connectivity index (χ1) is 8.18. The molecule has 0 amide bonds. The molecule has 1 unspecified atom stereocenters. The molecule has 0 bridgehead atoms. The molecule has 102 valence electrons. The van der Waals surface area contributed by atoms with Crippen molar-refractivity contribution < 1.29 is 14.6 Å². The molecule has 0 aromatic carbocycles. The van der Waals surface area contributed by atoms with E-state index in [2.05, 4.69) is 11.8 Å². The van der Waals surface area contributed by atoms with Gasteiger partial charge < -0.3 is 25.2 Å². The van der Waals surface area contributed by atoms with Gasteiger partial charge in [-0.05, 0) is 31.8 Å². The van der Waals surface area contributed by atoms with Crippen molar-refractivity contribution in [2.24, 2.45) is 11.7 Å². The fourth-order valence-corrected chi connectivity index (χ4v) is 1.90. The Bertz CT molecular complexity index is 183. The number of hydrogen-bond acceptors (Lipinski definition) is 5. The van der Waals surface area contributed by atoms with E-state index < -0.39 is 6.23 Å². The van der Waals surface area contributed by atoms with Crippen molar-refractivity contribution in [2.75, 3.05) is 46.1 Å². The summed E-state index contributed by atoms with van der Waals surface area (Å²) in [4.78, 5) is 2.45. The van der Waals surface area contributed by atoms with Crippen LogP contribution in [0.1, 0.15) is 19.8 Å². The molecule has 0 aromatic rings. The van der Waals surface area contributed by atoms with Gasteiger partial charge >= 0.3 is 0 Å². The lowest BCUT2D eigenvalue weighted by Crippen LogP contribution is -2.35. The molecule has 1 fully saturated rings. The minimum absolute atomic E-state index is 0.174. The Labute approximate surface area is 104 Å². The minimum Gasteiger partial charge on any atom is -0.378 e. The second-order valence-electron chi connectivity index (χ2n) is 4.78. The summed E-state index contributed by atoms with van der Waals surface area (Å²) in [5, 5.41) is 8.75. The number of piperidine rings is 1. The van der Waals surface area contributed by atoms with Crippen molar-refractivity contribution in [3.05, 3.63) is 0 Å². The number of ether oxygens (including phenoxy) is 2. The predicted molar refractivity (Wildman–Crippen MR) is 66.7 cm³/mol. The lowest BCUT2D eigenvalue weighted by Gasteiger charge is -2.29. The summed E-state index contributed by atoms with van der Waals surface area (Å²) < 4.78 is 10.5. The van der Waals surface area contributed by atoms with Crippen LogP contribution in [0, 0.1) is 5.92 Å². The zero-order valence-electron chi connectivity index (χ0n) is 10.8. The standard InChI is InChI=1S/C12H26N2O3/c1-11-2-4-14(5-3-11)6-7-16-8-9-17-10-12(13)15/h11-12,15H,2-10,13H2,1H3. The minimum atomic E-state index is -0.884. The molecule has 0 aromatic heterocycles. The molecular weight excluding hydrogens is 220 g/mol. The van der Waals surface area contributed by atoms with Gasteiger partial charge in [0.2, 0.25) is 0 Å². The van der Waals surface area contributed by atoms with Crippen molar-refractivity contribution in [3.63, 3.8) is 0 Å². The molecule has 5 heteroatoms. The lowest BCUT2D eigenvalue weighted by molar-refractivity contribution is 0.00124. The fourth-order valence-electron chi connectivity index (χ4n) is 1.90. The lowest BCUT2D eigenvalue weighted by atomic mass is 9.99. The average molecular weight is 246 g/mol. The number of hydrogen-bond donors (Lipinski definition) is 2. The van der Waals surface area contributed by atoms with Crippen LogP contribution in [0.2, 0.25) is 0 Å². The smallest absolute Gasteiger partial charge is 0.126 e. The number of rotatable bonds is 8. The molecule has 17 heavy (non-hydrogen) atoms. The highest BCUT2D eigenvalue weighted by atomic mass is 16.5. The van der Waals surface area contributed by atoms with Crippen LogP contribution in [0.5, 0.6) is 0 Å². The maximum absolute atomic E-state index is 8.75. The summed E-state index contributed by atoms with van der Waals surface area (Å²) in [5.74, 6) is 0.878. The molecule has 0 spiro atoms. The third-order valence-electron chi connectivity index (χ3n) is 3.09. The molecule has 0 aliphatic carbocycles. The highest BCUT2D eigenvalue weighted by Crippen LogP contribution is 2.15. The Morgan fingerprint density at radius 3 is 2.53 bits per heavy atom. The Morgan fingerprint density at radius 1 is 1.24 bits per heavy atom. The second kappa shape index (κ2) is 8.83. The van der Waals surface area contributed by atoms with Gasteiger partial charge in [-0.15, -0.1) is 0 Å². The average Bonchev–Trinajstić information content (AvgIpc) is 2.30. The van der Waals surface area contributed by atoms with Gasteiger partial charge in [-0.1, -0.05) is 6.92 Å². The number of aliphatic hydroxyl groups is 1. The van der Waals surface area contributed by atoms with Gasteiger partial charge in [-0.25, -0.2) is 0 Å². The summed E-state index contributed by atoms with van der Waals surface area (Å²) in [6.07, 6.45) is 1.72. The summed E-state index contributed by atoms with van der Waals surface area (Å²) >= 11 is 0. The first-order valence-corrected chi connectivity index (χ1v) is 6.50. The van der Waals surface area contributed by atoms with Gasteiger partial charge in [0, 0.05) is 6.54 Å². The Balaban J connectivity index is 1.84. The molecule has 3 N–H and O–H groups in total. The summed E-state index contributed by atoms with van der Waals surface area (Å²) in [5.41, 5.74) is 5.13. The summed E-state index contributed by atoms with van der Waals surface area (Å²) in [7, 11) is 0. The van der Waals surface area contributed by atoms with Crippen LogP contribution in [-0.2, 0) is 9.47 Å². The third-order valence-corrected chi connectivity index (χ3v) is 3.09. The molecule has 0 radical (unpaired) electrons. The van der Waals surface area contributed by atoms with Crippen molar-refractivity contribution in [2.45, 2.75) is 26.0 Å². The normalized spacial score (nSPS) is 20.6. The van der Waals surface area contributed by atoms with Gasteiger partial charge in [0.05, 0.1) is 26.4 Å². The number of aliphatic hydroxyl groups excluding tert-OH is 1. The van der Waals surface area contributed by atoms with E-state index in [1.807, 2.05) is 0 Å². The van der Waals surface area contributed by atoms with Crippen molar-refractivity contribution in [3.8, 4) is 0 Å². The predicted octanol–water partition coefficient (Wildman–Crippen LogP) is 0.0286.